The highest BCUT2D eigenvalue weighted by Gasteiger charge is 2.22. The molecule has 0 rings (SSSR count). The van der Waals surface area contributed by atoms with Gasteiger partial charge in [-0.25, -0.2) is 0 Å². The number of nitrogens with zero attached hydrogens (tertiary/aromatic N) is 1. The van der Waals surface area contributed by atoms with Gasteiger partial charge >= 0.3 is 0 Å². The summed E-state index contributed by atoms with van der Waals surface area (Å²) in [5.41, 5.74) is 0.137. The average molecular weight is 184 g/mol. The Morgan fingerprint density at radius 2 is 2.08 bits per heavy atom. The van der Waals surface area contributed by atoms with Crippen molar-refractivity contribution in [2.45, 2.75) is 39.7 Å². The van der Waals surface area contributed by atoms with E-state index < -0.39 is 0 Å². The maximum Gasteiger partial charge on any atom is 0.0635 e. The molecule has 0 aliphatic rings. The SMILES string of the molecule is CC(C)(C)C(CCO)NCCC#N. The Labute approximate surface area is 80.8 Å². The lowest BCUT2D eigenvalue weighted by molar-refractivity contribution is 0.198. The van der Waals surface area contributed by atoms with Gasteiger partial charge in [0.2, 0.25) is 0 Å². The molecule has 0 aromatic heterocycles. The molecule has 0 aromatic rings. The number of nitrogens with one attached hydrogen (secondary N) is 1. The summed E-state index contributed by atoms with van der Waals surface area (Å²) in [6.45, 7) is 7.30. The smallest absolute Gasteiger partial charge is 0.0635 e. The summed E-state index contributed by atoms with van der Waals surface area (Å²) in [5.74, 6) is 0. The number of aliphatic hydroxyl groups is 1. The molecule has 1 unspecified atom stereocenters. The molecular formula is C10H20N2O. The summed E-state index contributed by atoms with van der Waals surface area (Å²) in [6, 6.07) is 2.37. The molecule has 0 fully saturated rings. The molecule has 3 nitrogen and oxygen atoms in total. The molecule has 0 amide bonds. The molecule has 13 heavy (non-hydrogen) atoms. The summed E-state index contributed by atoms with van der Waals surface area (Å²) >= 11 is 0. The fourth-order valence-electron chi connectivity index (χ4n) is 1.27. The van der Waals surface area contributed by atoms with Crippen LogP contribution >= 0.6 is 0 Å². The summed E-state index contributed by atoms with van der Waals surface area (Å²) in [6.07, 6.45) is 1.27. The van der Waals surface area contributed by atoms with E-state index in [2.05, 4.69) is 32.2 Å². The Morgan fingerprint density at radius 3 is 2.46 bits per heavy atom. The highest BCUT2D eigenvalue weighted by Crippen LogP contribution is 2.21. The van der Waals surface area contributed by atoms with E-state index in [0.717, 1.165) is 6.42 Å². The number of hydrogen-bond acceptors (Lipinski definition) is 3. The largest absolute Gasteiger partial charge is 0.396 e. The zero-order chi connectivity index (χ0) is 10.3. The molecule has 3 heteroatoms. The fraction of sp³-hybridized carbons (Fsp3) is 0.900. The van der Waals surface area contributed by atoms with Gasteiger partial charge in [-0.3, -0.25) is 0 Å². The summed E-state index contributed by atoms with van der Waals surface area (Å²) in [4.78, 5) is 0. The van der Waals surface area contributed by atoms with Gasteiger partial charge in [-0.2, -0.15) is 5.26 Å². The standard InChI is InChI=1S/C10H20N2O/c1-10(2,3)9(5-8-13)12-7-4-6-11/h9,12-13H,4-5,7-8H2,1-3H3. The Kier molecular flexibility index (Phi) is 5.68. The van der Waals surface area contributed by atoms with Crippen LogP contribution in [0.15, 0.2) is 0 Å². The number of aliphatic hydroxyl groups excluding tert-OH is 1. The van der Waals surface area contributed by atoms with Gasteiger partial charge in [0.05, 0.1) is 6.07 Å². The predicted molar refractivity (Wildman–Crippen MR) is 53.2 cm³/mol. The second kappa shape index (κ2) is 5.95. The normalized spacial score (nSPS) is 13.8. The van der Waals surface area contributed by atoms with Crippen molar-refractivity contribution >= 4 is 0 Å². The van der Waals surface area contributed by atoms with Crippen LogP contribution in [-0.4, -0.2) is 24.3 Å². The van der Waals surface area contributed by atoms with Gasteiger partial charge in [0.1, 0.15) is 0 Å². The van der Waals surface area contributed by atoms with Crippen LogP contribution in [0.1, 0.15) is 33.6 Å². The lowest BCUT2D eigenvalue weighted by Crippen LogP contribution is -2.41. The lowest BCUT2D eigenvalue weighted by Gasteiger charge is -2.31. The third-order valence-corrected chi connectivity index (χ3v) is 2.09. The Bertz CT molecular complexity index is 167. The minimum absolute atomic E-state index is 0.137. The van der Waals surface area contributed by atoms with E-state index >= 15 is 0 Å². The molecule has 0 bridgehead atoms. The van der Waals surface area contributed by atoms with Gasteiger partial charge < -0.3 is 10.4 Å². The first-order valence-electron chi connectivity index (χ1n) is 4.73. The number of nitriles is 1. The monoisotopic (exact) mass is 184 g/mol. The lowest BCUT2D eigenvalue weighted by atomic mass is 9.85. The predicted octanol–water partition coefficient (Wildman–Crippen LogP) is 1.29. The van der Waals surface area contributed by atoms with Crippen LogP contribution in [0.5, 0.6) is 0 Å². The van der Waals surface area contributed by atoms with Crippen LogP contribution in [0, 0.1) is 16.7 Å². The van der Waals surface area contributed by atoms with Gasteiger partial charge in [-0.1, -0.05) is 20.8 Å². The van der Waals surface area contributed by atoms with Crippen molar-refractivity contribution in [3.63, 3.8) is 0 Å². The van der Waals surface area contributed by atoms with Crippen molar-refractivity contribution < 1.29 is 5.11 Å². The molecule has 0 heterocycles. The molecular weight excluding hydrogens is 164 g/mol. The van der Waals surface area contributed by atoms with Crippen LogP contribution in [0.2, 0.25) is 0 Å². The maximum absolute atomic E-state index is 8.85. The number of rotatable bonds is 5. The topological polar surface area (TPSA) is 56.0 Å². The Morgan fingerprint density at radius 1 is 1.46 bits per heavy atom. The van der Waals surface area contributed by atoms with Gasteiger partial charge in [0, 0.05) is 25.6 Å². The molecule has 76 valence electrons. The van der Waals surface area contributed by atoms with E-state index in [0.29, 0.717) is 13.0 Å². The summed E-state index contributed by atoms with van der Waals surface area (Å²) < 4.78 is 0. The molecule has 1 atom stereocenters. The van der Waals surface area contributed by atoms with Crippen LogP contribution in [-0.2, 0) is 0 Å². The van der Waals surface area contributed by atoms with Crippen molar-refractivity contribution in [2.24, 2.45) is 5.41 Å². The molecule has 0 aliphatic carbocycles. The zero-order valence-corrected chi connectivity index (χ0v) is 8.80. The highest BCUT2D eigenvalue weighted by molar-refractivity contribution is 4.81. The van der Waals surface area contributed by atoms with Crippen LogP contribution in [0.3, 0.4) is 0 Å². The van der Waals surface area contributed by atoms with E-state index in [4.69, 9.17) is 10.4 Å². The molecule has 0 saturated carbocycles. The first-order chi connectivity index (χ1) is 6.02. The van der Waals surface area contributed by atoms with E-state index in [-0.39, 0.29) is 18.1 Å². The maximum atomic E-state index is 8.85. The van der Waals surface area contributed by atoms with E-state index in [1.54, 1.807) is 0 Å². The van der Waals surface area contributed by atoms with Gasteiger partial charge in [0.15, 0.2) is 0 Å². The summed E-state index contributed by atoms with van der Waals surface area (Å²) in [5, 5.41) is 20.5. The molecule has 2 N–H and O–H groups in total. The molecule has 0 spiro atoms. The minimum atomic E-state index is 0.137. The van der Waals surface area contributed by atoms with Crippen LogP contribution < -0.4 is 5.32 Å². The summed E-state index contributed by atoms with van der Waals surface area (Å²) in [7, 11) is 0. The van der Waals surface area contributed by atoms with Gasteiger partial charge in [0.25, 0.3) is 0 Å². The Hall–Kier alpha value is -0.590. The molecule has 0 radical (unpaired) electrons. The fourth-order valence-corrected chi connectivity index (χ4v) is 1.27. The third kappa shape index (κ3) is 5.62. The molecule has 0 aromatic carbocycles. The van der Waals surface area contributed by atoms with Gasteiger partial charge in [-0.15, -0.1) is 0 Å². The van der Waals surface area contributed by atoms with Crippen molar-refractivity contribution in [2.75, 3.05) is 13.2 Å². The molecule has 0 saturated heterocycles. The first-order valence-corrected chi connectivity index (χ1v) is 4.73. The van der Waals surface area contributed by atoms with E-state index in [9.17, 15) is 0 Å². The van der Waals surface area contributed by atoms with Crippen LogP contribution in [0.4, 0.5) is 0 Å². The van der Waals surface area contributed by atoms with E-state index in [1.807, 2.05) is 0 Å². The van der Waals surface area contributed by atoms with Gasteiger partial charge in [-0.05, 0) is 11.8 Å². The second-order valence-corrected chi connectivity index (χ2v) is 4.29. The van der Waals surface area contributed by atoms with E-state index in [1.165, 1.54) is 0 Å². The average Bonchev–Trinajstić information content (AvgIpc) is 2.01. The zero-order valence-electron chi connectivity index (χ0n) is 8.80. The quantitative estimate of drug-likeness (QED) is 0.633. The van der Waals surface area contributed by atoms with Crippen molar-refractivity contribution in [3.05, 3.63) is 0 Å². The number of hydrogen-bond donors (Lipinski definition) is 2. The third-order valence-electron chi connectivity index (χ3n) is 2.09. The first kappa shape index (κ1) is 12.4. The van der Waals surface area contributed by atoms with Crippen molar-refractivity contribution in [1.29, 1.82) is 5.26 Å². The van der Waals surface area contributed by atoms with Crippen molar-refractivity contribution in [1.82, 2.24) is 5.32 Å². The second-order valence-electron chi connectivity index (χ2n) is 4.29. The van der Waals surface area contributed by atoms with Crippen LogP contribution in [0.25, 0.3) is 0 Å². The highest BCUT2D eigenvalue weighted by atomic mass is 16.3. The molecule has 0 aliphatic heterocycles. The minimum Gasteiger partial charge on any atom is -0.396 e. The Balaban J connectivity index is 3.89. The van der Waals surface area contributed by atoms with Crippen molar-refractivity contribution in [3.8, 4) is 6.07 Å².